The van der Waals surface area contributed by atoms with Gasteiger partial charge in [-0.15, -0.1) is 12.4 Å². The monoisotopic (exact) mass is 363 g/mol. The van der Waals surface area contributed by atoms with E-state index in [1.807, 2.05) is 13.8 Å². The molecule has 1 heterocycles. The Morgan fingerprint density at radius 3 is 2.70 bits per heavy atom. The Morgan fingerprint density at radius 1 is 1.43 bits per heavy atom. The number of piperidine rings is 1. The Balaban J connectivity index is 0.00000264. The Kier molecular flexibility index (Phi) is 6.94. The lowest BCUT2D eigenvalue weighted by Crippen LogP contribution is -2.46. The molecular weight excluding hydrogens is 342 g/mol. The summed E-state index contributed by atoms with van der Waals surface area (Å²) < 4.78 is 27.9. The van der Waals surface area contributed by atoms with E-state index < -0.39 is 14.9 Å². The highest BCUT2D eigenvalue weighted by Gasteiger charge is 2.27. The first-order valence-corrected chi connectivity index (χ1v) is 8.85. The maximum absolute atomic E-state index is 12.6. The van der Waals surface area contributed by atoms with Crippen molar-refractivity contribution in [2.24, 2.45) is 0 Å². The molecule has 0 radical (unpaired) electrons. The van der Waals surface area contributed by atoms with Crippen LogP contribution >= 0.6 is 12.4 Å². The summed E-state index contributed by atoms with van der Waals surface area (Å²) in [5, 5.41) is 14.2. The number of hydrogen-bond acceptors (Lipinski definition) is 5. The summed E-state index contributed by atoms with van der Waals surface area (Å²) in [5.74, 6) is 0. The van der Waals surface area contributed by atoms with Gasteiger partial charge in [0.05, 0.1) is 9.82 Å². The average molecular weight is 364 g/mol. The molecule has 1 aromatic rings. The zero-order valence-corrected chi connectivity index (χ0v) is 14.7. The number of sulfonamides is 1. The van der Waals surface area contributed by atoms with E-state index in [0.29, 0.717) is 24.8 Å². The summed E-state index contributed by atoms with van der Waals surface area (Å²) in [6, 6.07) is 4.09. The molecule has 130 valence electrons. The summed E-state index contributed by atoms with van der Waals surface area (Å²) >= 11 is 0. The van der Waals surface area contributed by atoms with Gasteiger partial charge in [0.15, 0.2) is 0 Å². The maximum Gasteiger partial charge on any atom is 0.270 e. The molecule has 2 rings (SSSR count). The van der Waals surface area contributed by atoms with Crippen molar-refractivity contribution >= 4 is 28.1 Å². The minimum absolute atomic E-state index is 0. The summed E-state index contributed by atoms with van der Waals surface area (Å²) in [4.78, 5) is 10.3. The van der Waals surface area contributed by atoms with Crippen LogP contribution in [-0.4, -0.2) is 32.0 Å². The molecule has 1 aliphatic heterocycles. The molecule has 7 nitrogen and oxygen atoms in total. The number of aryl methyl sites for hydroxylation is 1. The van der Waals surface area contributed by atoms with Crippen molar-refractivity contribution < 1.29 is 13.3 Å². The molecule has 9 heteroatoms. The quantitative estimate of drug-likeness (QED) is 0.615. The standard InChI is InChI=1S/C14H21N3O4S.ClH/c1-3-11-4-5-13(17(18)19)9-14(11)22(20,21)16-12-6-7-15-10(2)8-12;/h4-5,9-10,12,15-16H,3,6-8H2,1-2H3;1H. The van der Waals surface area contributed by atoms with Crippen molar-refractivity contribution in [2.75, 3.05) is 6.54 Å². The Bertz CT molecular complexity index is 666. The van der Waals surface area contributed by atoms with E-state index in [0.717, 1.165) is 12.6 Å². The van der Waals surface area contributed by atoms with Crippen molar-refractivity contribution in [2.45, 2.75) is 50.1 Å². The molecule has 0 amide bonds. The molecule has 2 N–H and O–H groups in total. The van der Waals surface area contributed by atoms with Crippen LogP contribution in [0.4, 0.5) is 5.69 Å². The lowest BCUT2D eigenvalue weighted by molar-refractivity contribution is -0.385. The highest BCUT2D eigenvalue weighted by Crippen LogP contribution is 2.24. The van der Waals surface area contributed by atoms with Gasteiger partial charge in [0.1, 0.15) is 0 Å². The number of non-ortho nitro benzene ring substituents is 1. The second kappa shape index (κ2) is 8.05. The van der Waals surface area contributed by atoms with Gasteiger partial charge in [-0.05, 0) is 38.3 Å². The minimum Gasteiger partial charge on any atom is -0.314 e. The smallest absolute Gasteiger partial charge is 0.270 e. The van der Waals surface area contributed by atoms with Crippen LogP contribution in [0.2, 0.25) is 0 Å². The van der Waals surface area contributed by atoms with E-state index in [2.05, 4.69) is 10.0 Å². The van der Waals surface area contributed by atoms with Crippen LogP contribution in [0, 0.1) is 10.1 Å². The molecule has 2 atom stereocenters. The van der Waals surface area contributed by atoms with E-state index in [9.17, 15) is 18.5 Å². The average Bonchev–Trinajstić information content (AvgIpc) is 2.46. The third-order valence-corrected chi connectivity index (χ3v) is 5.48. The molecule has 1 fully saturated rings. The number of nitro benzene ring substituents is 1. The van der Waals surface area contributed by atoms with E-state index in [-0.39, 0.29) is 35.1 Å². The van der Waals surface area contributed by atoms with Gasteiger partial charge in [-0.3, -0.25) is 10.1 Å². The van der Waals surface area contributed by atoms with Crippen molar-refractivity contribution in [3.63, 3.8) is 0 Å². The van der Waals surface area contributed by atoms with Gasteiger partial charge >= 0.3 is 0 Å². The van der Waals surface area contributed by atoms with E-state index >= 15 is 0 Å². The summed E-state index contributed by atoms with van der Waals surface area (Å²) in [6.45, 7) is 4.59. The van der Waals surface area contributed by atoms with Crippen molar-refractivity contribution in [1.29, 1.82) is 0 Å². The maximum atomic E-state index is 12.6. The van der Waals surface area contributed by atoms with Crippen LogP contribution in [0.15, 0.2) is 23.1 Å². The van der Waals surface area contributed by atoms with Gasteiger partial charge in [-0.25, -0.2) is 13.1 Å². The fourth-order valence-electron chi connectivity index (χ4n) is 2.72. The molecule has 23 heavy (non-hydrogen) atoms. The number of nitrogens with one attached hydrogen (secondary N) is 2. The number of rotatable bonds is 5. The largest absolute Gasteiger partial charge is 0.314 e. The lowest BCUT2D eigenvalue weighted by atomic mass is 10.0. The first-order chi connectivity index (χ1) is 10.3. The first kappa shape index (κ1) is 19.8. The third-order valence-electron chi connectivity index (χ3n) is 3.88. The predicted octanol–water partition coefficient (Wildman–Crippen LogP) is 2.00. The number of nitro groups is 1. The Labute approximate surface area is 142 Å². The highest BCUT2D eigenvalue weighted by molar-refractivity contribution is 7.89. The van der Waals surface area contributed by atoms with Crippen molar-refractivity contribution in [3.8, 4) is 0 Å². The van der Waals surface area contributed by atoms with Crippen LogP contribution in [0.1, 0.15) is 32.3 Å². The second-order valence-electron chi connectivity index (χ2n) is 5.60. The van der Waals surface area contributed by atoms with Gasteiger partial charge in [-0.2, -0.15) is 0 Å². The predicted molar refractivity (Wildman–Crippen MR) is 90.5 cm³/mol. The Morgan fingerprint density at radius 2 is 2.13 bits per heavy atom. The van der Waals surface area contributed by atoms with E-state index in [1.54, 1.807) is 0 Å². The molecule has 0 bridgehead atoms. The number of halogens is 1. The van der Waals surface area contributed by atoms with Crippen molar-refractivity contribution in [1.82, 2.24) is 10.0 Å². The second-order valence-corrected chi connectivity index (χ2v) is 7.28. The van der Waals surface area contributed by atoms with Crippen LogP contribution < -0.4 is 10.0 Å². The molecular formula is C14H22ClN3O4S. The summed E-state index contributed by atoms with van der Waals surface area (Å²) in [6.07, 6.45) is 1.91. The van der Waals surface area contributed by atoms with Gasteiger partial charge in [0, 0.05) is 24.2 Å². The van der Waals surface area contributed by atoms with E-state index in [1.165, 1.54) is 12.1 Å². The van der Waals surface area contributed by atoms with Gasteiger partial charge < -0.3 is 5.32 Å². The summed E-state index contributed by atoms with van der Waals surface area (Å²) in [7, 11) is -3.76. The minimum atomic E-state index is -3.76. The number of nitrogens with zero attached hydrogens (tertiary/aromatic N) is 1. The number of hydrogen-bond donors (Lipinski definition) is 2. The first-order valence-electron chi connectivity index (χ1n) is 7.36. The van der Waals surface area contributed by atoms with Gasteiger partial charge in [-0.1, -0.05) is 13.0 Å². The molecule has 2 unspecified atom stereocenters. The highest BCUT2D eigenvalue weighted by atomic mass is 35.5. The van der Waals surface area contributed by atoms with Gasteiger partial charge in [0.2, 0.25) is 10.0 Å². The molecule has 0 aliphatic carbocycles. The van der Waals surface area contributed by atoms with Gasteiger partial charge in [0.25, 0.3) is 5.69 Å². The fraction of sp³-hybridized carbons (Fsp3) is 0.571. The molecule has 1 saturated heterocycles. The number of benzene rings is 1. The fourth-order valence-corrected chi connectivity index (χ4v) is 4.33. The SMILES string of the molecule is CCc1ccc([N+](=O)[O-])cc1S(=O)(=O)NC1CCNC(C)C1.Cl. The van der Waals surface area contributed by atoms with E-state index in [4.69, 9.17) is 0 Å². The zero-order valence-electron chi connectivity index (χ0n) is 13.1. The zero-order chi connectivity index (χ0) is 16.3. The van der Waals surface area contributed by atoms with Crippen LogP contribution in [0.25, 0.3) is 0 Å². The Hall–Kier alpha value is -1.22. The normalized spacial score (nSPS) is 21.5. The van der Waals surface area contributed by atoms with Crippen LogP contribution in [0.5, 0.6) is 0 Å². The van der Waals surface area contributed by atoms with Crippen LogP contribution in [-0.2, 0) is 16.4 Å². The molecule has 0 saturated carbocycles. The molecule has 0 aromatic heterocycles. The lowest BCUT2D eigenvalue weighted by Gasteiger charge is -2.28. The summed E-state index contributed by atoms with van der Waals surface area (Å²) in [5.41, 5.74) is 0.372. The molecule has 1 aromatic carbocycles. The third kappa shape index (κ3) is 4.87. The van der Waals surface area contributed by atoms with Crippen molar-refractivity contribution in [3.05, 3.63) is 33.9 Å². The topological polar surface area (TPSA) is 101 Å². The van der Waals surface area contributed by atoms with Crippen LogP contribution in [0.3, 0.4) is 0 Å². The molecule has 1 aliphatic rings. The molecule has 0 spiro atoms.